The van der Waals surface area contributed by atoms with Gasteiger partial charge in [0.2, 0.25) is 11.8 Å². The van der Waals surface area contributed by atoms with Crippen LogP contribution in [-0.2, 0) is 9.59 Å². The molecule has 0 aromatic carbocycles. The minimum Gasteiger partial charge on any atom is -0.356 e. The van der Waals surface area contributed by atoms with Crippen molar-refractivity contribution in [3.8, 4) is 0 Å². The molecule has 0 rings (SSSR count). The average molecular weight is 239 g/mol. The van der Waals surface area contributed by atoms with E-state index in [0.29, 0.717) is 0 Å². The molecule has 5 nitrogen and oxygen atoms in total. The predicted octanol–water partition coefficient (Wildman–Crippen LogP) is -0.0426. The van der Waals surface area contributed by atoms with E-state index in [-0.39, 0.29) is 23.9 Å². The largest absolute Gasteiger partial charge is 0.356 e. The van der Waals surface area contributed by atoms with E-state index < -0.39 is 0 Å². The number of hydrogen-bond acceptors (Lipinski definition) is 3. The molecule has 17 heavy (non-hydrogen) atoms. The van der Waals surface area contributed by atoms with Gasteiger partial charge in [0.1, 0.15) is 6.04 Å². The van der Waals surface area contributed by atoms with Gasteiger partial charge in [-0.15, -0.1) is 0 Å². The van der Waals surface area contributed by atoms with Crippen LogP contribution in [0.3, 0.4) is 0 Å². The number of nitrogens with one attached hydrogen (secondary N) is 3. The molecule has 0 spiro atoms. The van der Waals surface area contributed by atoms with Gasteiger partial charge in [0.25, 0.3) is 0 Å². The Balaban J connectivity index is 4.28. The topological polar surface area (TPSA) is 70.2 Å². The van der Waals surface area contributed by atoms with E-state index in [9.17, 15) is 9.59 Å². The highest BCUT2D eigenvalue weighted by Gasteiger charge is 2.13. The zero-order chi connectivity index (χ0) is 13.3. The molecule has 0 fully saturated rings. The Morgan fingerprint density at radius 1 is 1.18 bits per heavy atom. The van der Waals surface area contributed by atoms with Crippen molar-refractivity contribution in [1.29, 1.82) is 0 Å². The summed E-state index contributed by atoms with van der Waals surface area (Å²) in [5.41, 5.74) is 0. The SMILES string of the molecule is CC=CC(NC)C(=O)NC(C)C=CC(=O)NC. The lowest BCUT2D eigenvalue weighted by molar-refractivity contribution is -0.122. The van der Waals surface area contributed by atoms with E-state index in [1.54, 1.807) is 33.2 Å². The lowest BCUT2D eigenvalue weighted by Crippen LogP contribution is -2.44. The fourth-order valence-electron chi connectivity index (χ4n) is 1.18. The molecular formula is C12H21N3O2. The van der Waals surface area contributed by atoms with Gasteiger partial charge in [-0.1, -0.05) is 18.2 Å². The highest BCUT2D eigenvalue weighted by Crippen LogP contribution is 1.91. The second-order valence-corrected chi connectivity index (χ2v) is 3.56. The number of hydrogen-bond donors (Lipinski definition) is 3. The zero-order valence-corrected chi connectivity index (χ0v) is 10.8. The summed E-state index contributed by atoms with van der Waals surface area (Å²) < 4.78 is 0. The first-order chi connectivity index (χ1) is 8.04. The molecule has 0 saturated heterocycles. The van der Waals surface area contributed by atoms with Crippen LogP contribution < -0.4 is 16.0 Å². The second-order valence-electron chi connectivity index (χ2n) is 3.56. The van der Waals surface area contributed by atoms with Crippen LogP contribution in [0, 0.1) is 0 Å². The van der Waals surface area contributed by atoms with Gasteiger partial charge >= 0.3 is 0 Å². The van der Waals surface area contributed by atoms with Crippen molar-refractivity contribution < 1.29 is 9.59 Å². The van der Waals surface area contributed by atoms with E-state index in [2.05, 4.69) is 16.0 Å². The molecule has 0 aliphatic rings. The molecular weight excluding hydrogens is 218 g/mol. The molecule has 0 aromatic rings. The Labute approximate surface area is 102 Å². The van der Waals surface area contributed by atoms with E-state index >= 15 is 0 Å². The molecule has 0 bridgehead atoms. The molecule has 5 heteroatoms. The van der Waals surface area contributed by atoms with Crippen LogP contribution in [0.4, 0.5) is 0 Å². The molecule has 2 amide bonds. The molecule has 0 radical (unpaired) electrons. The van der Waals surface area contributed by atoms with Crippen molar-refractivity contribution in [2.75, 3.05) is 14.1 Å². The van der Waals surface area contributed by atoms with Crippen LogP contribution in [-0.4, -0.2) is 38.0 Å². The Bertz CT molecular complexity index is 311. The van der Waals surface area contributed by atoms with Crippen LogP contribution in [0.5, 0.6) is 0 Å². The second kappa shape index (κ2) is 8.52. The summed E-state index contributed by atoms with van der Waals surface area (Å²) in [6, 6.07) is -0.545. The first kappa shape index (κ1) is 15.4. The number of carbonyl (C=O) groups excluding carboxylic acids is 2. The lowest BCUT2D eigenvalue weighted by atomic mass is 10.2. The number of amides is 2. The van der Waals surface area contributed by atoms with Crippen LogP contribution in [0.15, 0.2) is 24.3 Å². The molecule has 96 valence electrons. The van der Waals surface area contributed by atoms with Gasteiger partial charge in [-0.25, -0.2) is 0 Å². The van der Waals surface area contributed by atoms with E-state index in [4.69, 9.17) is 0 Å². The van der Waals surface area contributed by atoms with Crippen molar-refractivity contribution in [3.63, 3.8) is 0 Å². The molecule has 0 aliphatic heterocycles. The van der Waals surface area contributed by atoms with Gasteiger partial charge in [0, 0.05) is 19.2 Å². The van der Waals surface area contributed by atoms with E-state index in [1.165, 1.54) is 6.08 Å². The highest BCUT2D eigenvalue weighted by atomic mass is 16.2. The quantitative estimate of drug-likeness (QED) is 0.450. The van der Waals surface area contributed by atoms with Gasteiger partial charge in [-0.05, 0) is 20.9 Å². The van der Waals surface area contributed by atoms with Crippen LogP contribution in [0.25, 0.3) is 0 Å². The standard InChI is InChI=1S/C12H21N3O2/c1-5-6-10(13-3)12(17)15-9(2)7-8-11(16)14-4/h5-10,13H,1-4H3,(H,14,16)(H,15,17). The van der Waals surface area contributed by atoms with Gasteiger partial charge < -0.3 is 16.0 Å². The van der Waals surface area contributed by atoms with E-state index in [1.807, 2.05) is 13.0 Å². The molecule has 2 atom stereocenters. The highest BCUT2D eigenvalue weighted by molar-refractivity contribution is 5.87. The monoisotopic (exact) mass is 239 g/mol. The van der Waals surface area contributed by atoms with Crippen LogP contribution >= 0.6 is 0 Å². The molecule has 0 saturated carbocycles. The minimum absolute atomic E-state index is 0.125. The third-order valence-electron chi connectivity index (χ3n) is 2.13. The first-order valence-corrected chi connectivity index (χ1v) is 5.55. The Hall–Kier alpha value is -1.62. The number of likely N-dealkylation sites (N-methyl/N-ethyl adjacent to an activating group) is 2. The molecule has 2 unspecified atom stereocenters. The summed E-state index contributed by atoms with van der Waals surface area (Å²) >= 11 is 0. The molecule has 3 N–H and O–H groups in total. The van der Waals surface area contributed by atoms with Crippen LogP contribution in [0.1, 0.15) is 13.8 Å². The smallest absolute Gasteiger partial charge is 0.243 e. The van der Waals surface area contributed by atoms with E-state index in [0.717, 1.165) is 0 Å². The summed E-state index contributed by atoms with van der Waals surface area (Å²) in [6.07, 6.45) is 6.62. The fourth-order valence-corrected chi connectivity index (χ4v) is 1.18. The average Bonchev–Trinajstić information content (AvgIpc) is 2.32. The molecule has 0 aliphatic carbocycles. The van der Waals surface area contributed by atoms with Gasteiger partial charge in [0.05, 0.1) is 0 Å². The lowest BCUT2D eigenvalue weighted by Gasteiger charge is -2.15. The maximum absolute atomic E-state index is 11.7. The molecule has 0 aromatic heterocycles. The van der Waals surface area contributed by atoms with Crippen molar-refractivity contribution in [3.05, 3.63) is 24.3 Å². The van der Waals surface area contributed by atoms with Crippen molar-refractivity contribution >= 4 is 11.8 Å². The summed E-state index contributed by atoms with van der Waals surface area (Å²) in [7, 11) is 3.27. The first-order valence-electron chi connectivity index (χ1n) is 5.55. The van der Waals surface area contributed by atoms with Crippen molar-refractivity contribution in [2.45, 2.75) is 25.9 Å². The summed E-state index contributed by atoms with van der Waals surface area (Å²) in [4.78, 5) is 22.7. The summed E-state index contributed by atoms with van der Waals surface area (Å²) in [6.45, 7) is 3.66. The van der Waals surface area contributed by atoms with Crippen LogP contribution in [0.2, 0.25) is 0 Å². The van der Waals surface area contributed by atoms with Crippen molar-refractivity contribution in [1.82, 2.24) is 16.0 Å². The maximum Gasteiger partial charge on any atom is 0.243 e. The van der Waals surface area contributed by atoms with Gasteiger partial charge in [-0.2, -0.15) is 0 Å². The Morgan fingerprint density at radius 3 is 2.29 bits per heavy atom. The summed E-state index contributed by atoms with van der Waals surface area (Å²) in [5, 5.41) is 8.12. The predicted molar refractivity (Wildman–Crippen MR) is 68.5 cm³/mol. The third kappa shape index (κ3) is 6.52. The fraction of sp³-hybridized carbons (Fsp3) is 0.500. The minimum atomic E-state index is -0.351. The molecule has 0 heterocycles. The number of allylic oxidation sites excluding steroid dienone is 1. The summed E-state index contributed by atoms with van der Waals surface area (Å²) in [5.74, 6) is -0.315. The normalized spacial score (nSPS) is 14.8. The van der Waals surface area contributed by atoms with Gasteiger partial charge in [-0.3, -0.25) is 9.59 Å². The Kier molecular flexibility index (Phi) is 7.71. The van der Waals surface area contributed by atoms with Gasteiger partial charge in [0.15, 0.2) is 0 Å². The number of rotatable bonds is 6. The zero-order valence-electron chi connectivity index (χ0n) is 10.8. The van der Waals surface area contributed by atoms with Crippen molar-refractivity contribution in [2.24, 2.45) is 0 Å². The third-order valence-corrected chi connectivity index (χ3v) is 2.13. The number of carbonyl (C=O) groups is 2. The Morgan fingerprint density at radius 2 is 1.82 bits per heavy atom. The maximum atomic E-state index is 11.7.